The van der Waals surface area contributed by atoms with Crippen LogP contribution >= 0.6 is 11.3 Å². The van der Waals surface area contributed by atoms with Gasteiger partial charge in [-0.05, 0) is 49.8 Å². The first kappa shape index (κ1) is 19.2. The van der Waals surface area contributed by atoms with Crippen LogP contribution < -0.4 is 15.2 Å². The van der Waals surface area contributed by atoms with Crippen molar-refractivity contribution in [2.75, 3.05) is 18.4 Å². The van der Waals surface area contributed by atoms with Crippen molar-refractivity contribution in [3.05, 3.63) is 34.5 Å². The van der Waals surface area contributed by atoms with E-state index in [1.54, 1.807) is 17.4 Å². The summed E-state index contributed by atoms with van der Waals surface area (Å²) >= 11 is 1.64. The van der Waals surface area contributed by atoms with E-state index in [0.29, 0.717) is 6.54 Å². The standard InChI is InChI=1S/C17H23FN4O2S2/c18-13-8-7-12-5-4-6-15-16(14(12)11-13)22-17(25-15)20-9-2-1-3-10-21-26(19,23)24/h7-8,11,21H,1-6,9-10H2,(H,20,22)(H2,19,23,24). The fourth-order valence-electron chi connectivity index (χ4n) is 3.07. The highest BCUT2D eigenvalue weighted by molar-refractivity contribution is 7.87. The molecule has 1 heterocycles. The lowest BCUT2D eigenvalue weighted by molar-refractivity contribution is 0.577. The number of aryl methyl sites for hydroxylation is 2. The Hall–Kier alpha value is -1.55. The minimum absolute atomic E-state index is 0.229. The molecule has 1 aromatic carbocycles. The molecule has 4 N–H and O–H groups in total. The lowest BCUT2D eigenvalue weighted by Gasteiger charge is -2.05. The zero-order chi connectivity index (χ0) is 18.6. The first-order chi connectivity index (χ1) is 12.4. The second-order valence-electron chi connectivity index (χ2n) is 6.37. The van der Waals surface area contributed by atoms with E-state index in [-0.39, 0.29) is 5.82 Å². The van der Waals surface area contributed by atoms with Gasteiger partial charge in [-0.1, -0.05) is 12.5 Å². The number of hydrogen-bond acceptors (Lipinski definition) is 5. The molecular formula is C17H23FN4O2S2. The quantitative estimate of drug-likeness (QED) is 0.596. The van der Waals surface area contributed by atoms with Gasteiger partial charge < -0.3 is 5.32 Å². The Morgan fingerprint density at radius 2 is 2.00 bits per heavy atom. The molecule has 0 spiro atoms. The van der Waals surface area contributed by atoms with Crippen molar-refractivity contribution in [2.45, 2.75) is 38.5 Å². The second kappa shape index (κ2) is 8.43. The van der Waals surface area contributed by atoms with Crippen molar-refractivity contribution in [3.8, 4) is 11.3 Å². The molecule has 9 heteroatoms. The minimum atomic E-state index is -3.59. The molecule has 0 amide bonds. The summed E-state index contributed by atoms with van der Waals surface area (Å²) in [7, 11) is -3.59. The minimum Gasteiger partial charge on any atom is -0.361 e. The fourth-order valence-corrected chi connectivity index (χ4v) is 4.54. The number of unbranched alkanes of at least 4 members (excludes halogenated alkanes) is 2. The maximum absolute atomic E-state index is 13.7. The molecule has 0 aliphatic heterocycles. The summed E-state index contributed by atoms with van der Waals surface area (Å²) in [6, 6.07) is 4.96. The van der Waals surface area contributed by atoms with Crippen LogP contribution in [0.1, 0.15) is 36.1 Å². The van der Waals surface area contributed by atoms with Gasteiger partial charge in [-0.3, -0.25) is 0 Å². The number of nitrogens with two attached hydrogens (primary N) is 1. The molecule has 6 nitrogen and oxygen atoms in total. The summed E-state index contributed by atoms with van der Waals surface area (Å²) in [6.07, 6.45) is 5.48. The molecule has 0 atom stereocenters. The van der Waals surface area contributed by atoms with Crippen LogP contribution in [0.3, 0.4) is 0 Å². The Morgan fingerprint density at radius 3 is 2.81 bits per heavy atom. The molecule has 1 aliphatic carbocycles. The lowest BCUT2D eigenvalue weighted by atomic mass is 10.0. The van der Waals surface area contributed by atoms with Gasteiger partial charge in [0.05, 0.1) is 5.69 Å². The molecule has 0 radical (unpaired) electrons. The number of aromatic nitrogens is 1. The molecule has 26 heavy (non-hydrogen) atoms. The number of anilines is 1. The van der Waals surface area contributed by atoms with Crippen LogP contribution in [0.25, 0.3) is 11.3 Å². The van der Waals surface area contributed by atoms with Gasteiger partial charge in [0.25, 0.3) is 10.2 Å². The number of nitrogens with zero attached hydrogens (tertiary/aromatic N) is 1. The van der Waals surface area contributed by atoms with E-state index >= 15 is 0 Å². The molecule has 0 fully saturated rings. The van der Waals surface area contributed by atoms with Crippen molar-refractivity contribution in [1.29, 1.82) is 0 Å². The van der Waals surface area contributed by atoms with Crippen LogP contribution in [0.2, 0.25) is 0 Å². The molecule has 0 unspecified atom stereocenters. The van der Waals surface area contributed by atoms with Gasteiger partial charge in [0.1, 0.15) is 5.82 Å². The van der Waals surface area contributed by atoms with Crippen LogP contribution in [-0.4, -0.2) is 26.5 Å². The maximum atomic E-state index is 13.7. The molecule has 1 aliphatic rings. The Balaban J connectivity index is 1.54. The predicted octanol–water partition coefficient (Wildman–Crippen LogP) is 2.81. The summed E-state index contributed by atoms with van der Waals surface area (Å²) in [5.41, 5.74) is 2.97. The number of nitrogens with one attached hydrogen (secondary N) is 2. The van der Waals surface area contributed by atoms with E-state index in [1.807, 2.05) is 6.07 Å². The summed E-state index contributed by atoms with van der Waals surface area (Å²) in [6.45, 7) is 1.12. The van der Waals surface area contributed by atoms with Gasteiger partial charge in [-0.2, -0.15) is 8.42 Å². The van der Waals surface area contributed by atoms with Gasteiger partial charge in [0.2, 0.25) is 0 Å². The van der Waals surface area contributed by atoms with Crippen molar-refractivity contribution in [3.63, 3.8) is 0 Å². The normalized spacial score (nSPS) is 13.8. The van der Waals surface area contributed by atoms with Crippen LogP contribution in [0, 0.1) is 5.82 Å². The molecule has 142 valence electrons. The summed E-state index contributed by atoms with van der Waals surface area (Å²) in [5, 5.41) is 9.05. The Labute approximate surface area is 157 Å². The third-order valence-electron chi connectivity index (χ3n) is 4.31. The first-order valence-electron chi connectivity index (χ1n) is 8.72. The number of benzene rings is 1. The van der Waals surface area contributed by atoms with Gasteiger partial charge in [0.15, 0.2) is 5.13 Å². The van der Waals surface area contributed by atoms with Crippen molar-refractivity contribution >= 4 is 26.7 Å². The highest BCUT2D eigenvalue weighted by Gasteiger charge is 2.19. The number of halogens is 1. The Kier molecular flexibility index (Phi) is 6.23. The average molecular weight is 399 g/mol. The molecule has 2 aromatic rings. The molecule has 0 saturated carbocycles. The van der Waals surface area contributed by atoms with Crippen LogP contribution in [-0.2, 0) is 23.1 Å². The van der Waals surface area contributed by atoms with Gasteiger partial charge in [-0.15, -0.1) is 11.3 Å². The lowest BCUT2D eigenvalue weighted by Crippen LogP contribution is -2.31. The zero-order valence-corrected chi connectivity index (χ0v) is 16.1. The van der Waals surface area contributed by atoms with Crippen LogP contribution in [0.15, 0.2) is 18.2 Å². The van der Waals surface area contributed by atoms with E-state index in [2.05, 4.69) is 10.0 Å². The van der Waals surface area contributed by atoms with Gasteiger partial charge in [-0.25, -0.2) is 19.2 Å². The molecule has 0 bridgehead atoms. The Morgan fingerprint density at radius 1 is 1.19 bits per heavy atom. The third-order valence-corrected chi connectivity index (χ3v) is 5.99. The molecular weight excluding hydrogens is 375 g/mol. The van der Waals surface area contributed by atoms with E-state index in [1.165, 1.54) is 10.9 Å². The van der Waals surface area contributed by atoms with Gasteiger partial charge >= 0.3 is 0 Å². The SMILES string of the molecule is NS(=O)(=O)NCCCCCNc1nc2c(s1)CCCc1ccc(F)cc1-2. The monoisotopic (exact) mass is 398 g/mol. The zero-order valence-electron chi connectivity index (χ0n) is 14.4. The highest BCUT2D eigenvalue weighted by Crippen LogP contribution is 2.37. The first-order valence-corrected chi connectivity index (χ1v) is 11.1. The molecule has 1 aromatic heterocycles. The number of rotatable bonds is 8. The summed E-state index contributed by atoms with van der Waals surface area (Å²) in [4.78, 5) is 5.90. The smallest absolute Gasteiger partial charge is 0.274 e. The van der Waals surface area contributed by atoms with Crippen LogP contribution in [0.5, 0.6) is 0 Å². The predicted molar refractivity (Wildman–Crippen MR) is 103 cm³/mol. The van der Waals surface area contributed by atoms with Crippen molar-refractivity contribution < 1.29 is 12.8 Å². The molecule has 3 rings (SSSR count). The van der Waals surface area contributed by atoms with Crippen LogP contribution in [0.4, 0.5) is 9.52 Å². The number of thiazole rings is 1. The Bertz CT molecular complexity index is 868. The number of fused-ring (bicyclic) bond motifs is 3. The molecule has 0 saturated heterocycles. The van der Waals surface area contributed by atoms with E-state index in [4.69, 9.17) is 10.1 Å². The third kappa shape index (κ3) is 5.23. The fraction of sp³-hybridized carbons (Fsp3) is 0.471. The number of hydrogen-bond donors (Lipinski definition) is 3. The maximum Gasteiger partial charge on any atom is 0.274 e. The van der Waals surface area contributed by atoms with Crippen molar-refractivity contribution in [2.24, 2.45) is 5.14 Å². The second-order valence-corrected chi connectivity index (χ2v) is 8.83. The summed E-state index contributed by atoms with van der Waals surface area (Å²) < 4.78 is 37.5. The highest BCUT2D eigenvalue weighted by atomic mass is 32.2. The van der Waals surface area contributed by atoms with E-state index < -0.39 is 10.2 Å². The summed E-state index contributed by atoms with van der Waals surface area (Å²) in [5.74, 6) is -0.229. The average Bonchev–Trinajstić information content (AvgIpc) is 2.90. The topological polar surface area (TPSA) is 97.1 Å². The van der Waals surface area contributed by atoms with Gasteiger partial charge in [0, 0.05) is 23.5 Å². The van der Waals surface area contributed by atoms with Crippen molar-refractivity contribution in [1.82, 2.24) is 9.71 Å². The van der Waals surface area contributed by atoms with E-state index in [9.17, 15) is 12.8 Å². The van der Waals surface area contributed by atoms with E-state index in [0.717, 1.165) is 67.0 Å². The largest absolute Gasteiger partial charge is 0.361 e.